The molecule has 0 aromatic carbocycles. The average molecular weight is 281 g/mol. The standard InChI is InChI=1S/C18H36Si/c1-5-9-11-12-13-14-15-16-18-19(7-3,8-4)17-10-6-2/h7-8H,3-6,9-18H2,1-2H3. The SMILES string of the molecule is C=C[Si](C=C)(CCCC)CCCCCCCCCC. The van der Waals surface area contributed by atoms with E-state index in [9.17, 15) is 0 Å². The van der Waals surface area contributed by atoms with E-state index in [2.05, 4.69) is 38.4 Å². The van der Waals surface area contributed by atoms with Crippen LogP contribution in [0.4, 0.5) is 0 Å². The van der Waals surface area contributed by atoms with Crippen molar-refractivity contribution in [2.75, 3.05) is 0 Å². The summed E-state index contributed by atoms with van der Waals surface area (Å²) in [6.45, 7) is 12.8. The van der Waals surface area contributed by atoms with Gasteiger partial charge in [0.2, 0.25) is 0 Å². The van der Waals surface area contributed by atoms with Gasteiger partial charge in [0.15, 0.2) is 0 Å². The van der Waals surface area contributed by atoms with Crippen molar-refractivity contribution in [2.45, 2.75) is 90.1 Å². The Labute approximate surface area is 123 Å². The number of hydrogen-bond acceptors (Lipinski definition) is 0. The number of rotatable bonds is 14. The van der Waals surface area contributed by atoms with Crippen LogP contribution >= 0.6 is 0 Å². The van der Waals surface area contributed by atoms with Crippen molar-refractivity contribution in [3.8, 4) is 0 Å². The minimum absolute atomic E-state index is 1.30. The average Bonchev–Trinajstić information content (AvgIpc) is 2.45. The first-order valence-electron chi connectivity index (χ1n) is 8.52. The summed E-state index contributed by atoms with van der Waals surface area (Å²) in [6.07, 6.45) is 14.0. The van der Waals surface area contributed by atoms with Gasteiger partial charge in [-0.05, 0) is 0 Å². The fourth-order valence-corrected chi connectivity index (χ4v) is 5.86. The van der Waals surface area contributed by atoms with Crippen molar-refractivity contribution >= 4 is 8.07 Å². The summed E-state index contributed by atoms with van der Waals surface area (Å²) in [5.41, 5.74) is 4.55. The van der Waals surface area contributed by atoms with E-state index in [1.54, 1.807) is 0 Å². The van der Waals surface area contributed by atoms with Gasteiger partial charge >= 0.3 is 0 Å². The molecule has 0 aliphatic carbocycles. The predicted octanol–water partition coefficient (Wildman–Crippen LogP) is 6.83. The first kappa shape index (κ1) is 18.7. The lowest BCUT2D eigenvalue weighted by Gasteiger charge is -2.24. The second kappa shape index (κ2) is 12.7. The van der Waals surface area contributed by atoms with Gasteiger partial charge in [0.05, 0.1) is 0 Å². The maximum atomic E-state index is 4.10. The van der Waals surface area contributed by atoms with E-state index in [-0.39, 0.29) is 0 Å². The normalized spacial score (nSPS) is 11.5. The fraction of sp³-hybridized carbons (Fsp3) is 0.778. The van der Waals surface area contributed by atoms with Gasteiger partial charge in [-0.2, -0.15) is 0 Å². The second-order valence-corrected chi connectivity index (χ2v) is 10.3. The molecule has 0 aliphatic rings. The van der Waals surface area contributed by atoms with E-state index >= 15 is 0 Å². The highest BCUT2D eigenvalue weighted by atomic mass is 28.3. The van der Waals surface area contributed by atoms with Crippen LogP contribution in [0.25, 0.3) is 0 Å². The van der Waals surface area contributed by atoms with Crippen LogP contribution in [0.2, 0.25) is 12.1 Å². The minimum Gasteiger partial charge on any atom is -0.107 e. The highest BCUT2D eigenvalue weighted by Gasteiger charge is 2.23. The van der Waals surface area contributed by atoms with E-state index in [1.165, 1.54) is 76.3 Å². The maximum Gasteiger partial charge on any atom is 0.100 e. The molecule has 19 heavy (non-hydrogen) atoms. The first-order chi connectivity index (χ1) is 9.24. The third kappa shape index (κ3) is 9.26. The Morgan fingerprint density at radius 3 is 1.53 bits per heavy atom. The van der Waals surface area contributed by atoms with E-state index in [1.807, 2.05) is 0 Å². The summed E-state index contributed by atoms with van der Waals surface area (Å²) in [7, 11) is -1.32. The molecule has 1 heteroatoms. The van der Waals surface area contributed by atoms with Crippen molar-refractivity contribution in [3.63, 3.8) is 0 Å². The molecule has 0 nitrogen and oxygen atoms in total. The Morgan fingerprint density at radius 1 is 0.632 bits per heavy atom. The molecule has 112 valence electrons. The van der Waals surface area contributed by atoms with Gasteiger partial charge < -0.3 is 0 Å². The molecule has 0 saturated heterocycles. The zero-order valence-corrected chi connectivity index (χ0v) is 14.6. The highest BCUT2D eigenvalue weighted by molar-refractivity contribution is 6.88. The summed E-state index contributed by atoms with van der Waals surface area (Å²) < 4.78 is 0. The molecule has 0 aromatic rings. The van der Waals surface area contributed by atoms with Gasteiger partial charge in [0.1, 0.15) is 8.07 Å². The molecule has 0 N–H and O–H groups in total. The smallest absolute Gasteiger partial charge is 0.100 e. The topological polar surface area (TPSA) is 0 Å². The molecule has 0 aliphatic heterocycles. The summed E-state index contributed by atoms with van der Waals surface area (Å²) >= 11 is 0. The van der Waals surface area contributed by atoms with Crippen LogP contribution in [-0.4, -0.2) is 8.07 Å². The van der Waals surface area contributed by atoms with Gasteiger partial charge in [0, 0.05) is 0 Å². The zero-order valence-electron chi connectivity index (χ0n) is 13.6. The van der Waals surface area contributed by atoms with Crippen LogP contribution < -0.4 is 0 Å². The summed E-state index contributed by atoms with van der Waals surface area (Å²) in [4.78, 5) is 0. The molecular formula is C18H36Si. The molecule has 0 aromatic heterocycles. The Kier molecular flexibility index (Phi) is 12.5. The molecule has 0 rings (SSSR count). The van der Waals surface area contributed by atoms with Crippen LogP contribution in [0.15, 0.2) is 24.6 Å². The molecule has 0 spiro atoms. The van der Waals surface area contributed by atoms with Crippen molar-refractivity contribution in [3.05, 3.63) is 24.6 Å². The van der Waals surface area contributed by atoms with E-state index < -0.39 is 8.07 Å². The van der Waals surface area contributed by atoms with Crippen LogP contribution in [0.5, 0.6) is 0 Å². The molecular weight excluding hydrogens is 244 g/mol. The molecule has 0 bridgehead atoms. The molecule has 0 fully saturated rings. The monoisotopic (exact) mass is 280 g/mol. The lowest BCUT2D eigenvalue weighted by atomic mass is 10.1. The second-order valence-electron chi connectivity index (χ2n) is 5.97. The molecule has 0 atom stereocenters. The quantitative estimate of drug-likeness (QED) is 0.242. The van der Waals surface area contributed by atoms with E-state index in [0.717, 1.165) is 0 Å². The Bertz CT molecular complexity index is 212. The van der Waals surface area contributed by atoms with Gasteiger partial charge in [-0.3, -0.25) is 0 Å². The Morgan fingerprint density at radius 2 is 1.05 bits per heavy atom. The molecule has 0 saturated carbocycles. The minimum atomic E-state index is -1.32. The molecule has 0 unspecified atom stereocenters. The molecule has 0 amide bonds. The third-order valence-electron chi connectivity index (χ3n) is 4.30. The van der Waals surface area contributed by atoms with E-state index in [4.69, 9.17) is 0 Å². The third-order valence-corrected chi connectivity index (χ3v) is 8.50. The van der Waals surface area contributed by atoms with Crippen molar-refractivity contribution in [1.29, 1.82) is 0 Å². The van der Waals surface area contributed by atoms with Crippen molar-refractivity contribution in [1.82, 2.24) is 0 Å². The van der Waals surface area contributed by atoms with Gasteiger partial charge in [-0.1, -0.05) is 102 Å². The van der Waals surface area contributed by atoms with Gasteiger partial charge in [-0.15, -0.1) is 13.2 Å². The summed E-state index contributed by atoms with van der Waals surface area (Å²) in [5.74, 6) is 0. The van der Waals surface area contributed by atoms with E-state index in [0.29, 0.717) is 0 Å². The van der Waals surface area contributed by atoms with Crippen molar-refractivity contribution in [2.24, 2.45) is 0 Å². The predicted molar refractivity (Wildman–Crippen MR) is 93.3 cm³/mol. The molecule has 0 radical (unpaired) electrons. The lowest BCUT2D eigenvalue weighted by molar-refractivity contribution is 0.584. The van der Waals surface area contributed by atoms with Crippen LogP contribution in [0.3, 0.4) is 0 Å². The number of hydrogen-bond donors (Lipinski definition) is 0. The van der Waals surface area contributed by atoms with Gasteiger partial charge in [-0.25, -0.2) is 0 Å². The van der Waals surface area contributed by atoms with Crippen LogP contribution in [0, 0.1) is 0 Å². The Balaban J connectivity index is 3.69. The number of unbranched alkanes of at least 4 members (excludes halogenated alkanes) is 8. The lowest BCUT2D eigenvalue weighted by Crippen LogP contribution is -2.28. The fourth-order valence-electron chi connectivity index (χ4n) is 2.71. The van der Waals surface area contributed by atoms with Crippen LogP contribution in [-0.2, 0) is 0 Å². The van der Waals surface area contributed by atoms with Crippen molar-refractivity contribution < 1.29 is 0 Å². The zero-order chi connectivity index (χ0) is 14.4. The maximum absolute atomic E-state index is 4.10. The first-order valence-corrected chi connectivity index (χ1v) is 11.1. The van der Waals surface area contributed by atoms with Gasteiger partial charge in [0.25, 0.3) is 0 Å². The highest BCUT2D eigenvalue weighted by Crippen LogP contribution is 2.24. The summed E-state index contributed by atoms with van der Waals surface area (Å²) in [6, 6.07) is 2.75. The van der Waals surface area contributed by atoms with Crippen LogP contribution in [0.1, 0.15) is 78.1 Å². The largest absolute Gasteiger partial charge is 0.107 e. The molecule has 0 heterocycles. The summed E-state index contributed by atoms with van der Waals surface area (Å²) in [5, 5.41) is 0. The Hall–Kier alpha value is -0.303.